The Balaban J connectivity index is 1.80. The summed E-state index contributed by atoms with van der Waals surface area (Å²) in [7, 11) is 1.51. The van der Waals surface area contributed by atoms with E-state index in [0.717, 1.165) is 17.7 Å². The van der Waals surface area contributed by atoms with Crippen LogP contribution in [-0.2, 0) is 14.3 Å². The lowest BCUT2D eigenvalue weighted by Crippen LogP contribution is -2.40. The monoisotopic (exact) mass is 336 g/mol. The number of hydrogen-bond acceptors (Lipinski definition) is 5. The van der Waals surface area contributed by atoms with Crippen molar-refractivity contribution in [3.63, 3.8) is 0 Å². The molecule has 1 aliphatic rings. The Bertz CT molecular complexity index is 601. The third-order valence-electron chi connectivity index (χ3n) is 3.40. The van der Waals surface area contributed by atoms with Gasteiger partial charge in [0, 0.05) is 18.0 Å². The molecule has 0 saturated heterocycles. The number of esters is 1. The van der Waals surface area contributed by atoms with Gasteiger partial charge >= 0.3 is 5.97 Å². The Morgan fingerprint density at radius 2 is 2.00 bits per heavy atom. The van der Waals surface area contributed by atoms with E-state index in [4.69, 9.17) is 4.74 Å². The number of ether oxygens (including phenoxy) is 1. The normalized spacial score (nSPS) is 13.3. The molecule has 0 aliphatic heterocycles. The zero-order valence-electron chi connectivity index (χ0n) is 13.2. The number of nitrogens with one attached hydrogen (secondary N) is 1. The number of hydrogen-bond donors (Lipinski definition) is 1. The lowest BCUT2D eigenvalue weighted by atomic mass is 10.2. The van der Waals surface area contributed by atoms with Crippen molar-refractivity contribution in [2.45, 2.75) is 23.8 Å². The molecule has 0 heterocycles. The number of carbonyl (C=O) groups excluding carboxylic acids is 3. The van der Waals surface area contributed by atoms with Crippen LogP contribution in [-0.4, -0.2) is 55.2 Å². The van der Waals surface area contributed by atoms with E-state index in [1.807, 2.05) is 18.4 Å². The third kappa shape index (κ3) is 5.28. The molecule has 6 nitrogen and oxygen atoms in total. The largest absolute Gasteiger partial charge is 0.452 e. The first-order valence-corrected chi connectivity index (χ1v) is 8.57. The van der Waals surface area contributed by atoms with Gasteiger partial charge in [0.25, 0.3) is 5.91 Å². The average Bonchev–Trinajstić information content (AvgIpc) is 3.35. The zero-order chi connectivity index (χ0) is 16.8. The highest BCUT2D eigenvalue weighted by atomic mass is 32.2. The molecular formula is C16H20N2O4S. The fraction of sp³-hybridized carbons (Fsp3) is 0.438. The van der Waals surface area contributed by atoms with E-state index < -0.39 is 11.9 Å². The molecule has 1 saturated carbocycles. The van der Waals surface area contributed by atoms with Crippen LogP contribution < -0.4 is 5.32 Å². The Labute approximate surface area is 139 Å². The summed E-state index contributed by atoms with van der Waals surface area (Å²) < 4.78 is 5.05. The van der Waals surface area contributed by atoms with Crippen LogP contribution in [0.1, 0.15) is 23.2 Å². The summed E-state index contributed by atoms with van der Waals surface area (Å²) >= 11 is 1.44. The van der Waals surface area contributed by atoms with E-state index in [1.165, 1.54) is 23.7 Å². The summed E-state index contributed by atoms with van der Waals surface area (Å²) in [6.45, 7) is -0.414. The topological polar surface area (TPSA) is 75.7 Å². The highest BCUT2D eigenvalue weighted by molar-refractivity contribution is 7.98. The van der Waals surface area contributed by atoms with Crippen molar-refractivity contribution >= 4 is 29.5 Å². The molecule has 0 aromatic heterocycles. The van der Waals surface area contributed by atoms with Gasteiger partial charge in [-0.25, -0.2) is 4.79 Å². The van der Waals surface area contributed by atoms with Crippen molar-refractivity contribution < 1.29 is 19.1 Å². The van der Waals surface area contributed by atoms with Crippen LogP contribution in [0.15, 0.2) is 29.2 Å². The van der Waals surface area contributed by atoms with Gasteiger partial charge in [-0.05, 0) is 31.2 Å². The smallest absolute Gasteiger partial charge is 0.339 e. The van der Waals surface area contributed by atoms with Crippen LogP contribution in [0.25, 0.3) is 0 Å². The SMILES string of the molecule is CSc1ccccc1C(=O)OCC(=O)N(C)CC(=O)NC1CC1. The van der Waals surface area contributed by atoms with Gasteiger partial charge in [-0.1, -0.05) is 12.1 Å². The van der Waals surface area contributed by atoms with Crippen molar-refractivity contribution in [3.05, 3.63) is 29.8 Å². The fourth-order valence-corrected chi connectivity index (χ4v) is 2.52. The molecule has 7 heteroatoms. The quantitative estimate of drug-likeness (QED) is 0.600. The van der Waals surface area contributed by atoms with Crippen molar-refractivity contribution in [1.82, 2.24) is 10.2 Å². The minimum atomic E-state index is -0.542. The average molecular weight is 336 g/mol. The number of nitrogens with zero attached hydrogens (tertiary/aromatic N) is 1. The molecule has 1 aromatic carbocycles. The van der Waals surface area contributed by atoms with Gasteiger partial charge in [0.15, 0.2) is 6.61 Å². The molecule has 124 valence electrons. The molecule has 0 unspecified atom stereocenters. The second-order valence-corrected chi connectivity index (χ2v) is 6.22. The zero-order valence-corrected chi connectivity index (χ0v) is 14.0. The van der Waals surface area contributed by atoms with Crippen molar-refractivity contribution in [2.75, 3.05) is 26.5 Å². The molecule has 1 N–H and O–H groups in total. The maximum absolute atomic E-state index is 12.0. The van der Waals surface area contributed by atoms with Crippen molar-refractivity contribution in [1.29, 1.82) is 0 Å². The lowest BCUT2D eigenvalue weighted by molar-refractivity contribution is -0.137. The Hall–Kier alpha value is -2.02. The van der Waals surface area contributed by atoms with Crippen LogP contribution in [0.3, 0.4) is 0 Å². The van der Waals surface area contributed by atoms with Gasteiger partial charge in [0.05, 0.1) is 12.1 Å². The highest BCUT2D eigenvalue weighted by Gasteiger charge is 2.24. The highest BCUT2D eigenvalue weighted by Crippen LogP contribution is 2.20. The van der Waals surface area contributed by atoms with E-state index in [-0.39, 0.29) is 25.1 Å². The summed E-state index contributed by atoms with van der Waals surface area (Å²) in [5.74, 6) is -1.15. The van der Waals surface area contributed by atoms with E-state index in [9.17, 15) is 14.4 Å². The van der Waals surface area contributed by atoms with Crippen LogP contribution >= 0.6 is 11.8 Å². The number of amides is 2. The summed E-state index contributed by atoms with van der Waals surface area (Å²) in [4.78, 5) is 37.7. The van der Waals surface area contributed by atoms with Crippen molar-refractivity contribution in [2.24, 2.45) is 0 Å². The molecular weight excluding hydrogens is 316 g/mol. The predicted octanol–water partition coefficient (Wildman–Crippen LogP) is 1.30. The molecule has 1 fully saturated rings. The number of rotatable bonds is 7. The number of carbonyl (C=O) groups is 3. The maximum Gasteiger partial charge on any atom is 0.339 e. The first-order valence-electron chi connectivity index (χ1n) is 7.34. The van der Waals surface area contributed by atoms with E-state index in [2.05, 4.69) is 5.32 Å². The Kier molecular flexibility index (Phi) is 6.04. The van der Waals surface area contributed by atoms with Gasteiger partial charge < -0.3 is 15.0 Å². The Morgan fingerprint density at radius 1 is 1.30 bits per heavy atom. The molecule has 1 aromatic rings. The molecule has 2 amide bonds. The molecule has 2 rings (SSSR count). The first kappa shape index (κ1) is 17.3. The van der Waals surface area contributed by atoms with E-state index in [1.54, 1.807) is 12.1 Å². The minimum absolute atomic E-state index is 0.0334. The fourth-order valence-electron chi connectivity index (χ4n) is 1.93. The van der Waals surface area contributed by atoms with Crippen LogP contribution in [0.4, 0.5) is 0 Å². The van der Waals surface area contributed by atoms with Gasteiger partial charge in [-0.15, -0.1) is 11.8 Å². The van der Waals surface area contributed by atoms with Crippen molar-refractivity contribution in [3.8, 4) is 0 Å². The molecule has 23 heavy (non-hydrogen) atoms. The maximum atomic E-state index is 12.0. The minimum Gasteiger partial charge on any atom is -0.452 e. The van der Waals surface area contributed by atoms with Gasteiger partial charge in [-0.2, -0.15) is 0 Å². The molecule has 0 atom stereocenters. The standard InChI is InChI=1S/C16H20N2O4S/c1-18(9-14(19)17-11-7-8-11)15(20)10-22-16(21)12-5-3-4-6-13(12)23-2/h3-6,11H,7-10H2,1-2H3,(H,17,19). The lowest BCUT2D eigenvalue weighted by Gasteiger charge is -2.17. The molecule has 1 aliphatic carbocycles. The van der Waals surface area contributed by atoms with Crippen LogP contribution in [0.5, 0.6) is 0 Å². The second kappa shape index (κ2) is 8.01. The summed E-state index contributed by atoms with van der Waals surface area (Å²) in [5, 5.41) is 2.80. The summed E-state index contributed by atoms with van der Waals surface area (Å²) in [5.41, 5.74) is 0.432. The number of thioether (sulfide) groups is 1. The van der Waals surface area contributed by atoms with Crippen LogP contribution in [0, 0.1) is 0 Å². The molecule has 0 spiro atoms. The second-order valence-electron chi connectivity index (χ2n) is 5.37. The summed E-state index contributed by atoms with van der Waals surface area (Å²) in [6.07, 6.45) is 3.86. The van der Waals surface area contributed by atoms with Gasteiger partial charge in [0.1, 0.15) is 0 Å². The third-order valence-corrected chi connectivity index (χ3v) is 4.20. The van der Waals surface area contributed by atoms with Gasteiger partial charge in [0.2, 0.25) is 5.91 Å². The van der Waals surface area contributed by atoms with E-state index in [0.29, 0.717) is 5.56 Å². The number of likely N-dealkylation sites (N-methyl/N-ethyl adjacent to an activating group) is 1. The predicted molar refractivity (Wildman–Crippen MR) is 87.3 cm³/mol. The molecule has 0 bridgehead atoms. The first-order chi connectivity index (χ1) is 11.0. The van der Waals surface area contributed by atoms with E-state index >= 15 is 0 Å². The Morgan fingerprint density at radius 3 is 2.65 bits per heavy atom. The number of benzene rings is 1. The van der Waals surface area contributed by atoms with Gasteiger partial charge in [-0.3, -0.25) is 9.59 Å². The molecule has 0 radical (unpaired) electrons. The van der Waals surface area contributed by atoms with Crippen LogP contribution in [0.2, 0.25) is 0 Å². The summed E-state index contributed by atoms with van der Waals surface area (Å²) in [6, 6.07) is 7.31.